The van der Waals surface area contributed by atoms with E-state index in [0.717, 1.165) is 10.0 Å². The molecule has 0 bridgehead atoms. The van der Waals surface area contributed by atoms with Crippen molar-refractivity contribution in [3.63, 3.8) is 0 Å². The Balaban J connectivity index is 2.13. The topological polar surface area (TPSA) is 76.5 Å². The quantitative estimate of drug-likeness (QED) is 0.760. The number of rotatable bonds is 2. The molecule has 0 fully saturated rings. The normalized spacial score (nSPS) is 12.0. The molecule has 1 aromatic carbocycles. The van der Waals surface area contributed by atoms with E-state index in [2.05, 4.69) is 36.2 Å². The van der Waals surface area contributed by atoms with Gasteiger partial charge < -0.3 is 4.98 Å². The predicted molar refractivity (Wildman–Crippen MR) is 87.9 cm³/mol. The van der Waals surface area contributed by atoms with Crippen LogP contribution in [-0.4, -0.2) is 25.0 Å². The van der Waals surface area contributed by atoms with Crippen LogP contribution in [0.15, 0.2) is 33.5 Å². The highest BCUT2D eigenvalue weighted by molar-refractivity contribution is 9.10. The van der Waals surface area contributed by atoms with Gasteiger partial charge in [-0.3, -0.25) is 4.79 Å². The summed E-state index contributed by atoms with van der Waals surface area (Å²) in [5.74, 6) is 0.626. The Bertz CT molecular complexity index is 891. The van der Waals surface area contributed by atoms with Crippen LogP contribution >= 0.6 is 15.9 Å². The first-order valence-corrected chi connectivity index (χ1v) is 7.73. The Hall–Kier alpha value is -2.02. The van der Waals surface area contributed by atoms with Crippen LogP contribution in [0.4, 0.5) is 0 Å². The van der Waals surface area contributed by atoms with Crippen molar-refractivity contribution in [1.29, 1.82) is 0 Å². The summed E-state index contributed by atoms with van der Waals surface area (Å²) in [4.78, 5) is 19.5. The predicted octanol–water partition coefficient (Wildman–Crippen LogP) is 2.62. The van der Waals surface area contributed by atoms with Gasteiger partial charge in [-0.15, -0.1) is 5.10 Å². The first-order chi connectivity index (χ1) is 10.4. The second kappa shape index (κ2) is 5.31. The number of nitrogens with one attached hydrogen (secondary N) is 1. The summed E-state index contributed by atoms with van der Waals surface area (Å²) in [6.45, 7) is 6.50. The molecule has 22 heavy (non-hydrogen) atoms. The van der Waals surface area contributed by atoms with Gasteiger partial charge >= 0.3 is 0 Å². The van der Waals surface area contributed by atoms with Crippen LogP contribution in [0.5, 0.6) is 0 Å². The molecule has 0 saturated heterocycles. The number of aromatic nitrogens is 5. The summed E-state index contributed by atoms with van der Waals surface area (Å²) >= 11 is 3.52. The molecule has 0 aliphatic heterocycles. The fraction of sp³-hybridized carbons (Fsp3) is 0.333. The summed E-state index contributed by atoms with van der Waals surface area (Å²) in [7, 11) is 0. The lowest BCUT2D eigenvalue weighted by Crippen LogP contribution is -2.22. The highest BCUT2D eigenvalue weighted by atomic mass is 79.9. The summed E-state index contributed by atoms with van der Waals surface area (Å²) in [6.07, 6.45) is 0. The van der Waals surface area contributed by atoms with Gasteiger partial charge in [-0.25, -0.2) is 9.67 Å². The minimum absolute atomic E-state index is 0.254. The van der Waals surface area contributed by atoms with Crippen LogP contribution in [0.25, 0.3) is 11.2 Å². The molecule has 2 aromatic heterocycles. The third-order valence-corrected chi connectivity index (χ3v) is 4.14. The van der Waals surface area contributed by atoms with Gasteiger partial charge in [0, 0.05) is 9.89 Å². The molecule has 3 aromatic rings. The highest BCUT2D eigenvalue weighted by Crippen LogP contribution is 2.20. The van der Waals surface area contributed by atoms with Gasteiger partial charge in [-0.05, 0) is 11.6 Å². The number of H-pyrrole nitrogens is 1. The minimum atomic E-state index is -0.256. The fourth-order valence-corrected chi connectivity index (χ4v) is 2.53. The second-order valence-corrected chi connectivity index (χ2v) is 7.03. The van der Waals surface area contributed by atoms with Crippen LogP contribution in [-0.2, 0) is 12.0 Å². The monoisotopic (exact) mass is 361 g/mol. The third-order valence-electron chi connectivity index (χ3n) is 3.36. The Morgan fingerprint density at radius 3 is 2.68 bits per heavy atom. The van der Waals surface area contributed by atoms with E-state index in [4.69, 9.17) is 0 Å². The Morgan fingerprint density at radius 2 is 2.00 bits per heavy atom. The van der Waals surface area contributed by atoms with Crippen molar-refractivity contribution in [2.75, 3.05) is 0 Å². The van der Waals surface area contributed by atoms with E-state index in [1.807, 2.05) is 45.0 Å². The smallest absolute Gasteiger partial charge is 0.281 e. The fourth-order valence-electron chi connectivity index (χ4n) is 2.12. The van der Waals surface area contributed by atoms with Crippen molar-refractivity contribution < 1.29 is 0 Å². The molecule has 0 amide bonds. The average molecular weight is 362 g/mol. The van der Waals surface area contributed by atoms with E-state index in [1.165, 1.54) is 0 Å². The van der Waals surface area contributed by atoms with Crippen LogP contribution < -0.4 is 5.56 Å². The van der Waals surface area contributed by atoms with Crippen LogP contribution in [0.3, 0.4) is 0 Å². The molecule has 0 saturated carbocycles. The van der Waals surface area contributed by atoms with E-state index >= 15 is 0 Å². The molecule has 0 atom stereocenters. The van der Waals surface area contributed by atoms with Crippen molar-refractivity contribution in [3.05, 3.63) is 50.5 Å². The van der Waals surface area contributed by atoms with E-state index in [-0.39, 0.29) is 16.5 Å². The van der Waals surface area contributed by atoms with Gasteiger partial charge in [0.25, 0.3) is 5.56 Å². The van der Waals surface area contributed by atoms with Crippen molar-refractivity contribution in [3.8, 4) is 0 Å². The molecule has 0 radical (unpaired) electrons. The summed E-state index contributed by atoms with van der Waals surface area (Å²) in [5.41, 5.74) is 1.31. The SMILES string of the molecule is CC(C)(C)c1nc2c(nnn2Cc2ccccc2Br)c(=O)[nH]1. The lowest BCUT2D eigenvalue weighted by molar-refractivity contribution is 0.543. The molecular weight excluding hydrogens is 346 g/mol. The zero-order valence-electron chi connectivity index (χ0n) is 12.6. The van der Waals surface area contributed by atoms with Crippen LogP contribution in [0, 0.1) is 0 Å². The first-order valence-electron chi connectivity index (χ1n) is 6.93. The summed E-state index contributed by atoms with van der Waals surface area (Å²) in [5, 5.41) is 8.04. The van der Waals surface area contributed by atoms with Crippen molar-refractivity contribution in [1.82, 2.24) is 25.0 Å². The van der Waals surface area contributed by atoms with Gasteiger partial charge in [0.15, 0.2) is 11.2 Å². The zero-order valence-corrected chi connectivity index (χ0v) is 14.2. The molecular formula is C15H16BrN5O. The first kappa shape index (κ1) is 14.9. The maximum Gasteiger partial charge on any atom is 0.281 e. The number of fused-ring (bicyclic) bond motifs is 1. The van der Waals surface area contributed by atoms with E-state index in [1.54, 1.807) is 4.68 Å². The Kier molecular flexibility index (Phi) is 3.60. The standard InChI is InChI=1S/C15H16BrN5O/c1-15(2,3)14-17-12-11(13(22)18-14)19-20-21(12)8-9-6-4-5-7-10(9)16/h4-7H,8H2,1-3H3,(H,17,18,22). The Morgan fingerprint density at radius 1 is 1.27 bits per heavy atom. The molecule has 0 aliphatic rings. The molecule has 0 spiro atoms. The minimum Gasteiger partial charge on any atom is -0.308 e. The van der Waals surface area contributed by atoms with Crippen LogP contribution in [0.1, 0.15) is 32.2 Å². The van der Waals surface area contributed by atoms with Gasteiger partial charge in [0.1, 0.15) is 5.82 Å². The second-order valence-electron chi connectivity index (χ2n) is 6.18. The molecule has 7 heteroatoms. The van der Waals surface area contributed by atoms with Crippen molar-refractivity contribution in [2.45, 2.75) is 32.7 Å². The van der Waals surface area contributed by atoms with Gasteiger partial charge in [-0.2, -0.15) is 0 Å². The molecule has 1 N–H and O–H groups in total. The number of nitrogens with zero attached hydrogens (tertiary/aromatic N) is 4. The Labute approximate surface area is 135 Å². The van der Waals surface area contributed by atoms with Crippen molar-refractivity contribution in [2.24, 2.45) is 0 Å². The van der Waals surface area contributed by atoms with E-state index in [0.29, 0.717) is 18.0 Å². The number of halogens is 1. The summed E-state index contributed by atoms with van der Waals surface area (Å²) in [6, 6.07) is 7.87. The third kappa shape index (κ3) is 2.68. The largest absolute Gasteiger partial charge is 0.308 e. The van der Waals surface area contributed by atoms with E-state index in [9.17, 15) is 4.79 Å². The zero-order chi connectivity index (χ0) is 15.9. The maximum atomic E-state index is 12.2. The van der Waals surface area contributed by atoms with E-state index < -0.39 is 0 Å². The lowest BCUT2D eigenvalue weighted by Gasteiger charge is -2.16. The van der Waals surface area contributed by atoms with Crippen LogP contribution in [0.2, 0.25) is 0 Å². The number of hydrogen-bond acceptors (Lipinski definition) is 4. The molecule has 2 heterocycles. The lowest BCUT2D eigenvalue weighted by atomic mass is 9.96. The number of hydrogen-bond donors (Lipinski definition) is 1. The number of aromatic amines is 1. The highest BCUT2D eigenvalue weighted by Gasteiger charge is 2.20. The molecule has 0 aliphatic carbocycles. The van der Waals surface area contributed by atoms with Crippen molar-refractivity contribution >= 4 is 27.1 Å². The van der Waals surface area contributed by atoms with Gasteiger partial charge in [-0.1, -0.05) is 60.1 Å². The maximum absolute atomic E-state index is 12.2. The van der Waals surface area contributed by atoms with Gasteiger partial charge in [0.2, 0.25) is 0 Å². The van der Waals surface area contributed by atoms with Gasteiger partial charge in [0.05, 0.1) is 6.54 Å². The summed E-state index contributed by atoms with van der Waals surface area (Å²) < 4.78 is 2.64. The average Bonchev–Trinajstić information content (AvgIpc) is 2.84. The molecule has 6 nitrogen and oxygen atoms in total. The molecule has 3 rings (SSSR count). The number of benzene rings is 1. The molecule has 0 unspecified atom stereocenters. The molecule has 114 valence electrons.